The van der Waals surface area contributed by atoms with Crippen LogP contribution in [0.2, 0.25) is 0 Å². The second-order valence-corrected chi connectivity index (χ2v) is 5.26. The zero-order valence-electron chi connectivity index (χ0n) is 11.3. The van der Waals surface area contributed by atoms with Gasteiger partial charge in [-0.2, -0.15) is 0 Å². The topological polar surface area (TPSA) is 35.2 Å². The summed E-state index contributed by atoms with van der Waals surface area (Å²) in [4.78, 5) is 0. The van der Waals surface area contributed by atoms with E-state index in [0.29, 0.717) is 5.92 Å². The molecule has 0 saturated heterocycles. The second-order valence-electron chi connectivity index (χ2n) is 5.26. The molecule has 2 N–H and O–H groups in total. The fraction of sp³-hybridized carbons (Fsp3) is 0.600. The summed E-state index contributed by atoms with van der Waals surface area (Å²) in [6, 6.07) is 7.99. The van der Waals surface area contributed by atoms with E-state index in [2.05, 4.69) is 26.8 Å². The van der Waals surface area contributed by atoms with Crippen molar-refractivity contribution >= 4 is 5.69 Å². The van der Waals surface area contributed by atoms with Gasteiger partial charge in [0.1, 0.15) is 0 Å². The molecule has 1 aromatic rings. The van der Waals surface area contributed by atoms with E-state index in [4.69, 9.17) is 10.5 Å². The van der Waals surface area contributed by atoms with E-state index in [0.717, 1.165) is 31.2 Å². The highest BCUT2D eigenvalue weighted by Gasteiger charge is 2.05. The Bertz CT molecular complexity index is 322. The number of rotatable bonds is 7. The molecule has 1 unspecified atom stereocenters. The van der Waals surface area contributed by atoms with Crippen LogP contribution in [0.4, 0.5) is 5.69 Å². The van der Waals surface area contributed by atoms with Crippen LogP contribution in [0, 0.1) is 11.8 Å². The number of anilines is 1. The summed E-state index contributed by atoms with van der Waals surface area (Å²) >= 11 is 0. The maximum atomic E-state index is 5.87. The van der Waals surface area contributed by atoms with E-state index < -0.39 is 0 Å². The first-order chi connectivity index (χ1) is 8.09. The minimum Gasteiger partial charge on any atom is -0.399 e. The van der Waals surface area contributed by atoms with Crippen molar-refractivity contribution in [1.82, 2.24) is 0 Å². The standard InChI is InChI=1S/C15H25NO/c1-12(2)10-13(3)11-17-9-8-14-6-4-5-7-15(14)16/h4-7,12-13H,8-11,16H2,1-3H3. The first-order valence-corrected chi connectivity index (χ1v) is 6.50. The van der Waals surface area contributed by atoms with Crippen LogP contribution in [-0.4, -0.2) is 13.2 Å². The maximum absolute atomic E-state index is 5.87. The molecule has 96 valence electrons. The van der Waals surface area contributed by atoms with Gasteiger partial charge in [0.25, 0.3) is 0 Å². The zero-order valence-corrected chi connectivity index (χ0v) is 11.3. The van der Waals surface area contributed by atoms with Crippen molar-refractivity contribution < 1.29 is 4.74 Å². The van der Waals surface area contributed by atoms with Crippen molar-refractivity contribution in [1.29, 1.82) is 0 Å². The summed E-state index contributed by atoms with van der Waals surface area (Å²) in [6.45, 7) is 8.36. The van der Waals surface area contributed by atoms with Gasteiger partial charge in [0, 0.05) is 12.3 Å². The minimum absolute atomic E-state index is 0.642. The lowest BCUT2D eigenvalue weighted by molar-refractivity contribution is 0.100. The van der Waals surface area contributed by atoms with Gasteiger partial charge in [-0.15, -0.1) is 0 Å². The Morgan fingerprint density at radius 3 is 2.53 bits per heavy atom. The summed E-state index contributed by atoms with van der Waals surface area (Å²) in [7, 11) is 0. The molecular weight excluding hydrogens is 210 g/mol. The van der Waals surface area contributed by atoms with Gasteiger partial charge in [-0.25, -0.2) is 0 Å². The van der Waals surface area contributed by atoms with E-state index in [1.165, 1.54) is 12.0 Å². The first-order valence-electron chi connectivity index (χ1n) is 6.50. The molecule has 0 aliphatic rings. The van der Waals surface area contributed by atoms with Gasteiger partial charge < -0.3 is 10.5 Å². The summed E-state index contributed by atoms with van der Waals surface area (Å²) in [5.74, 6) is 1.39. The van der Waals surface area contributed by atoms with Crippen LogP contribution in [0.15, 0.2) is 24.3 Å². The third-order valence-corrected chi connectivity index (χ3v) is 2.85. The van der Waals surface area contributed by atoms with Crippen molar-refractivity contribution in [3.63, 3.8) is 0 Å². The van der Waals surface area contributed by atoms with E-state index in [1.54, 1.807) is 0 Å². The molecule has 0 spiro atoms. The van der Waals surface area contributed by atoms with Crippen LogP contribution in [0.25, 0.3) is 0 Å². The molecule has 0 heterocycles. The molecule has 0 fully saturated rings. The number of benzene rings is 1. The van der Waals surface area contributed by atoms with Crippen molar-refractivity contribution in [3.05, 3.63) is 29.8 Å². The number of para-hydroxylation sites is 1. The lowest BCUT2D eigenvalue weighted by Crippen LogP contribution is -2.10. The van der Waals surface area contributed by atoms with E-state index >= 15 is 0 Å². The fourth-order valence-electron chi connectivity index (χ4n) is 2.10. The van der Waals surface area contributed by atoms with Crippen LogP contribution >= 0.6 is 0 Å². The molecule has 2 nitrogen and oxygen atoms in total. The van der Waals surface area contributed by atoms with E-state index in [1.807, 2.05) is 18.2 Å². The Morgan fingerprint density at radius 2 is 1.88 bits per heavy atom. The second kappa shape index (κ2) is 7.33. The van der Waals surface area contributed by atoms with Gasteiger partial charge in [0.2, 0.25) is 0 Å². The van der Waals surface area contributed by atoms with Gasteiger partial charge in [-0.05, 0) is 36.3 Å². The summed E-state index contributed by atoms with van der Waals surface area (Å²) in [6.07, 6.45) is 2.13. The summed E-state index contributed by atoms with van der Waals surface area (Å²) in [5.41, 5.74) is 7.92. The number of hydrogen-bond acceptors (Lipinski definition) is 2. The predicted molar refractivity (Wildman–Crippen MR) is 74.0 cm³/mol. The molecule has 1 rings (SSSR count). The van der Waals surface area contributed by atoms with Crippen LogP contribution in [0.5, 0.6) is 0 Å². The van der Waals surface area contributed by atoms with Gasteiger partial charge >= 0.3 is 0 Å². The Labute approximate surface area is 105 Å². The third kappa shape index (κ3) is 5.73. The van der Waals surface area contributed by atoms with Crippen LogP contribution in [0.3, 0.4) is 0 Å². The van der Waals surface area contributed by atoms with Crippen molar-refractivity contribution in [2.24, 2.45) is 11.8 Å². The van der Waals surface area contributed by atoms with Gasteiger partial charge in [-0.3, -0.25) is 0 Å². The quantitative estimate of drug-likeness (QED) is 0.580. The molecule has 0 bridgehead atoms. The fourth-order valence-corrected chi connectivity index (χ4v) is 2.10. The van der Waals surface area contributed by atoms with Crippen LogP contribution in [-0.2, 0) is 11.2 Å². The molecule has 0 aliphatic carbocycles. The maximum Gasteiger partial charge on any atom is 0.0507 e. The van der Waals surface area contributed by atoms with Crippen molar-refractivity contribution in [3.8, 4) is 0 Å². The number of nitrogens with two attached hydrogens (primary N) is 1. The molecule has 1 aromatic carbocycles. The monoisotopic (exact) mass is 235 g/mol. The molecule has 0 saturated carbocycles. The highest BCUT2D eigenvalue weighted by molar-refractivity contribution is 5.46. The Balaban J connectivity index is 2.18. The van der Waals surface area contributed by atoms with Crippen LogP contribution < -0.4 is 5.73 Å². The van der Waals surface area contributed by atoms with E-state index in [9.17, 15) is 0 Å². The normalized spacial score (nSPS) is 12.9. The lowest BCUT2D eigenvalue weighted by Gasteiger charge is -2.14. The molecule has 0 radical (unpaired) electrons. The van der Waals surface area contributed by atoms with Crippen molar-refractivity contribution in [2.75, 3.05) is 18.9 Å². The molecular formula is C15H25NO. The smallest absolute Gasteiger partial charge is 0.0507 e. The summed E-state index contributed by atoms with van der Waals surface area (Å²) < 4.78 is 5.70. The molecule has 1 atom stereocenters. The minimum atomic E-state index is 0.642. The average molecular weight is 235 g/mol. The largest absolute Gasteiger partial charge is 0.399 e. The van der Waals surface area contributed by atoms with Crippen LogP contribution in [0.1, 0.15) is 32.8 Å². The zero-order chi connectivity index (χ0) is 12.7. The van der Waals surface area contributed by atoms with Gasteiger partial charge in [-0.1, -0.05) is 39.0 Å². The van der Waals surface area contributed by atoms with Crippen molar-refractivity contribution in [2.45, 2.75) is 33.6 Å². The molecule has 17 heavy (non-hydrogen) atoms. The summed E-state index contributed by atoms with van der Waals surface area (Å²) in [5, 5.41) is 0. The Kier molecular flexibility index (Phi) is 6.06. The third-order valence-electron chi connectivity index (χ3n) is 2.85. The number of hydrogen-bond donors (Lipinski definition) is 1. The lowest BCUT2D eigenvalue weighted by atomic mass is 10.00. The Hall–Kier alpha value is -1.02. The number of ether oxygens (including phenoxy) is 1. The van der Waals surface area contributed by atoms with E-state index in [-0.39, 0.29) is 0 Å². The molecule has 0 amide bonds. The Morgan fingerprint density at radius 1 is 1.18 bits per heavy atom. The SMILES string of the molecule is CC(C)CC(C)COCCc1ccccc1N. The first kappa shape index (κ1) is 14.0. The highest BCUT2D eigenvalue weighted by atomic mass is 16.5. The number of nitrogen functional groups attached to an aromatic ring is 1. The average Bonchev–Trinajstić information content (AvgIpc) is 2.25. The predicted octanol–water partition coefficient (Wildman–Crippen LogP) is 3.51. The van der Waals surface area contributed by atoms with Gasteiger partial charge in [0.15, 0.2) is 0 Å². The highest BCUT2D eigenvalue weighted by Crippen LogP contribution is 2.13. The molecule has 0 aromatic heterocycles. The van der Waals surface area contributed by atoms with Gasteiger partial charge in [0.05, 0.1) is 6.61 Å². The molecule has 0 aliphatic heterocycles. The molecule has 2 heteroatoms.